The summed E-state index contributed by atoms with van der Waals surface area (Å²) in [7, 11) is 0. The van der Waals surface area contributed by atoms with Crippen LogP contribution in [0.1, 0.15) is 36.0 Å². The van der Waals surface area contributed by atoms with Crippen molar-refractivity contribution in [2.75, 3.05) is 19.6 Å². The molecule has 2 heterocycles. The maximum Gasteiger partial charge on any atom is 0.490 e. The number of alkyl halides is 3. The Morgan fingerprint density at radius 1 is 1.17 bits per heavy atom. The zero-order valence-corrected chi connectivity index (χ0v) is 16.3. The van der Waals surface area contributed by atoms with E-state index in [-0.39, 0.29) is 17.7 Å². The Labute approximate surface area is 171 Å². The lowest BCUT2D eigenvalue weighted by molar-refractivity contribution is -0.192. The molecule has 0 radical (unpaired) electrons. The summed E-state index contributed by atoms with van der Waals surface area (Å²) in [5, 5.41) is 10.2. The lowest BCUT2D eigenvalue weighted by Gasteiger charge is -2.19. The van der Waals surface area contributed by atoms with E-state index >= 15 is 0 Å². The number of aromatic nitrogens is 1. The molecular formula is C20H24F3N3O4. The van der Waals surface area contributed by atoms with Gasteiger partial charge in [-0.25, -0.2) is 4.79 Å². The number of pyridine rings is 1. The van der Waals surface area contributed by atoms with Crippen LogP contribution < -0.4 is 5.32 Å². The third-order valence-electron chi connectivity index (χ3n) is 5.82. The highest BCUT2D eigenvalue weighted by Gasteiger charge is 2.44. The molecule has 3 aliphatic rings. The minimum Gasteiger partial charge on any atom is -0.475 e. The van der Waals surface area contributed by atoms with Crippen LogP contribution in [-0.2, 0) is 9.59 Å². The van der Waals surface area contributed by atoms with Gasteiger partial charge in [0.25, 0.3) is 5.91 Å². The number of rotatable bonds is 4. The Morgan fingerprint density at radius 3 is 2.23 bits per heavy atom. The van der Waals surface area contributed by atoms with Crippen LogP contribution in [-0.4, -0.2) is 58.6 Å². The maximum atomic E-state index is 12.5. The molecule has 0 aromatic carbocycles. The van der Waals surface area contributed by atoms with Crippen LogP contribution in [0.2, 0.25) is 0 Å². The molecular weight excluding hydrogens is 403 g/mol. The van der Waals surface area contributed by atoms with Gasteiger partial charge in [-0.15, -0.1) is 0 Å². The maximum absolute atomic E-state index is 12.5. The van der Waals surface area contributed by atoms with Gasteiger partial charge in [0.05, 0.1) is 5.56 Å². The van der Waals surface area contributed by atoms with Crippen molar-refractivity contribution in [2.45, 2.75) is 31.9 Å². The number of likely N-dealkylation sites (tertiary alicyclic amines) is 1. The number of fused-ring (bicyclic) bond motifs is 1. The summed E-state index contributed by atoms with van der Waals surface area (Å²) in [6, 6.07) is 3.61. The van der Waals surface area contributed by atoms with Gasteiger partial charge in [-0.3, -0.25) is 14.6 Å². The van der Waals surface area contributed by atoms with E-state index < -0.39 is 12.1 Å². The molecule has 7 nitrogen and oxygen atoms in total. The molecule has 1 aliphatic heterocycles. The number of nitrogens with zero attached hydrogens (tertiary/aromatic N) is 2. The van der Waals surface area contributed by atoms with Gasteiger partial charge in [0.1, 0.15) is 0 Å². The van der Waals surface area contributed by atoms with Crippen LogP contribution in [0, 0.1) is 23.7 Å². The molecule has 2 amide bonds. The molecule has 4 rings (SSSR count). The molecule has 3 fully saturated rings. The second-order valence-corrected chi connectivity index (χ2v) is 8.13. The second-order valence-electron chi connectivity index (χ2n) is 8.13. The normalized spacial score (nSPS) is 25.2. The van der Waals surface area contributed by atoms with Gasteiger partial charge >= 0.3 is 12.1 Å². The number of amides is 2. The van der Waals surface area contributed by atoms with Crippen LogP contribution >= 0.6 is 0 Å². The molecule has 1 saturated heterocycles. The Morgan fingerprint density at radius 2 is 1.77 bits per heavy atom. The minimum atomic E-state index is -5.08. The molecule has 2 N–H and O–H groups in total. The molecule has 3 atom stereocenters. The number of hydrogen-bond acceptors (Lipinski definition) is 4. The van der Waals surface area contributed by atoms with Crippen LogP contribution in [0.25, 0.3) is 0 Å². The predicted molar refractivity (Wildman–Crippen MR) is 99.3 cm³/mol. The third-order valence-corrected chi connectivity index (χ3v) is 5.82. The quantitative estimate of drug-likeness (QED) is 0.769. The zero-order valence-electron chi connectivity index (χ0n) is 16.3. The van der Waals surface area contributed by atoms with E-state index in [0.717, 1.165) is 38.4 Å². The van der Waals surface area contributed by atoms with E-state index in [0.29, 0.717) is 17.4 Å². The fourth-order valence-corrected chi connectivity index (χ4v) is 4.06. The molecule has 10 heteroatoms. The molecule has 2 saturated carbocycles. The number of aliphatic carboxylic acids is 1. The summed E-state index contributed by atoms with van der Waals surface area (Å²) < 4.78 is 31.7. The Kier molecular flexibility index (Phi) is 6.62. The van der Waals surface area contributed by atoms with Crippen molar-refractivity contribution in [3.63, 3.8) is 0 Å². The van der Waals surface area contributed by atoms with E-state index in [1.807, 2.05) is 11.0 Å². The lowest BCUT2D eigenvalue weighted by Crippen LogP contribution is -2.33. The minimum absolute atomic E-state index is 0.0715. The molecule has 2 aliphatic carbocycles. The van der Waals surface area contributed by atoms with E-state index in [4.69, 9.17) is 9.90 Å². The topological polar surface area (TPSA) is 99.6 Å². The first-order chi connectivity index (χ1) is 14.1. The molecule has 164 valence electrons. The summed E-state index contributed by atoms with van der Waals surface area (Å²) >= 11 is 0. The van der Waals surface area contributed by atoms with Crippen molar-refractivity contribution in [2.24, 2.45) is 23.7 Å². The van der Waals surface area contributed by atoms with Crippen LogP contribution in [0.5, 0.6) is 0 Å². The fourth-order valence-electron chi connectivity index (χ4n) is 4.06. The number of carbonyl (C=O) groups is 3. The van der Waals surface area contributed by atoms with Gasteiger partial charge in [0.15, 0.2) is 0 Å². The first-order valence-electron chi connectivity index (χ1n) is 9.92. The smallest absolute Gasteiger partial charge is 0.475 e. The third kappa shape index (κ3) is 5.70. The standard InChI is InChI=1S/C18H23N3O2.C2HF3O2/c22-17(20-8-12-3-4-12)14-6-15-10-21(11-16(15)7-14)18(23)13-2-1-5-19-9-13;3-2(4,5)1(6)7/h1-2,5,9,12,14-16H,3-4,6-8,10-11H2,(H,20,22);(H,6,7)/t14?,15-,16+;. The number of nitrogens with one attached hydrogen (secondary N) is 1. The Hall–Kier alpha value is -2.65. The Balaban J connectivity index is 0.000000318. The highest BCUT2D eigenvalue weighted by atomic mass is 19.4. The van der Waals surface area contributed by atoms with Crippen molar-refractivity contribution in [1.29, 1.82) is 0 Å². The van der Waals surface area contributed by atoms with Gasteiger partial charge in [-0.1, -0.05) is 0 Å². The molecule has 1 aromatic rings. The van der Waals surface area contributed by atoms with Crippen molar-refractivity contribution >= 4 is 17.8 Å². The zero-order chi connectivity index (χ0) is 21.9. The number of carbonyl (C=O) groups excluding carboxylic acids is 2. The van der Waals surface area contributed by atoms with Crippen molar-refractivity contribution in [3.05, 3.63) is 30.1 Å². The van der Waals surface area contributed by atoms with Gasteiger partial charge in [0, 0.05) is 37.9 Å². The van der Waals surface area contributed by atoms with E-state index in [9.17, 15) is 22.8 Å². The van der Waals surface area contributed by atoms with Crippen molar-refractivity contribution in [3.8, 4) is 0 Å². The average Bonchev–Trinajstić information content (AvgIpc) is 3.32. The van der Waals surface area contributed by atoms with Crippen molar-refractivity contribution in [1.82, 2.24) is 15.2 Å². The summed E-state index contributed by atoms with van der Waals surface area (Å²) in [4.78, 5) is 39.6. The average molecular weight is 427 g/mol. The van der Waals surface area contributed by atoms with E-state index in [2.05, 4.69) is 10.3 Å². The number of carboxylic acid groups (broad SMARTS) is 1. The van der Waals surface area contributed by atoms with Gasteiger partial charge in [-0.2, -0.15) is 13.2 Å². The summed E-state index contributed by atoms with van der Waals surface area (Å²) in [5.74, 6) is -0.613. The predicted octanol–water partition coefficient (Wildman–Crippen LogP) is 2.34. The SMILES string of the molecule is O=C(NCC1CC1)C1C[C@@H]2CN(C(=O)c3cccnc3)C[C@@H]2C1.O=C(O)C(F)(F)F. The largest absolute Gasteiger partial charge is 0.490 e. The summed E-state index contributed by atoms with van der Waals surface area (Å²) in [6.07, 6.45) is 2.62. The lowest BCUT2D eigenvalue weighted by atomic mass is 10.0. The first-order valence-corrected chi connectivity index (χ1v) is 9.92. The number of halogens is 3. The van der Waals surface area contributed by atoms with E-state index in [1.54, 1.807) is 18.5 Å². The monoisotopic (exact) mass is 427 g/mol. The highest BCUT2D eigenvalue weighted by Crippen LogP contribution is 2.42. The molecule has 1 unspecified atom stereocenters. The van der Waals surface area contributed by atoms with E-state index in [1.165, 1.54) is 12.8 Å². The van der Waals surface area contributed by atoms with Crippen LogP contribution in [0.4, 0.5) is 13.2 Å². The fraction of sp³-hybridized carbons (Fsp3) is 0.600. The summed E-state index contributed by atoms with van der Waals surface area (Å²) in [6.45, 7) is 2.42. The first kappa shape index (κ1) is 22.0. The van der Waals surface area contributed by atoms with Gasteiger partial charge in [0.2, 0.25) is 5.91 Å². The number of carboxylic acids is 1. The highest BCUT2D eigenvalue weighted by molar-refractivity contribution is 5.94. The molecule has 1 aromatic heterocycles. The van der Waals surface area contributed by atoms with Gasteiger partial charge < -0.3 is 15.3 Å². The molecule has 30 heavy (non-hydrogen) atoms. The summed E-state index contributed by atoms with van der Waals surface area (Å²) in [5.41, 5.74) is 0.659. The van der Waals surface area contributed by atoms with Gasteiger partial charge in [-0.05, 0) is 55.6 Å². The van der Waals surface area contributed by atoms with Crippen molar-refractivity contribution < 1.29 is 32.7 Å². The van der Waals surface area contributed by atoms with Crippen LogP contribution in [0.3, 0.4) is 0 Å². The molecule has 0 bridgehead atoms. The van der Waals surface area contributed by atoms with Crippen LogP contribution in [0.15, 0.2) is 24.5 Å². The Bertz CT molecular complexity index is 769. The number of hydrogen-bond donors (Lipinski definition) is 2. The second kappa shape index (κ2) is 9.01. The molecule has 0 spiro atoms.